The third kappa shape index (κ3) is 19.3. The Balaban J connectivity index is -0.000000500. The maximum Gasteiger partial charge on any atom is 0.101 e. The first kappa shape index (κ1) is 19.4. The summed E-state index contributed by atoms with van der Waals surface area (Å²) >= 11 is 0. The number of hydrogen-bond donors (Lipinski definition) is 2. The van der Waals surface area contributed by atoms with Crippen molar-refractivity contribution in [2.45, 2.75) is 6.42 Å². The van der Waals surface area contributed by atoms with Gasteiger partial charge in [-0.3, -0.25) is 9.18 Å². The SMILES string of the molecule is C[N+](C)(N)CCC[N+](C)(C)N.[Br-].[Br-]. The van der Waals surface area contributed by atoms with Crippen molar-refractivity contribution >= 4 is 0 Å². The van der Waals surface area contributed by atoms with Crippen LogP contribution in [0.2, 0.25) is 0 Å². The van der Waals surface area contributed by atoms with Crippen LogP contribution in [0.15, 0.2) is 0 Å². The minimum atomic E-state index is 0. The third-order valence-electron chi connectivity index (χ3n) is 1.47. The highest BCUT2D eigenvalue weighted by atomic mass is 79.9. The monoisotopic (exact) mass is 320 g/mol. The van der Waals surface area contributed by atoms with Gasteiger partial charge in [-0.15, -0.1) is 0 Å². The smallest absolute Gasteiger partial charge is 0.101 e. The highest BCUT2D eigenvalue weighted by molar-refractivity contribution is 4.31. The van der Waals surface area contributed by atoms with Crippen LogP contribution >= 0.6 is 0 Å². The molecule has 0 rings (SSSR count). The van der Waals surface area contributed by atoms with Gasteiger partial charge in [-0.1, -0.05) is 0 Å². The lowest BCUT2D eigenvalue weighted by Crippen LogP contribution is -3.00. The van der Waals surface area contributed by atoms with E-state index in [1.165, 1.54) is 0 Å². The normalized spacial score (nSPS) is 11.5. The van der Waals surface area contributed by atoms with Crippen LogP contribution in [-0.2, 0) is 0 Å². The van der Waals surface area contributed by atoms with Crippen molar-refractivity contribution in [3.05, 3.63) is 0 Å². The van der Waals surface area contributed by atoms with Crippen molar-refractivity contribution in [3.63, 3.8) is 0 Å². The molecule has 0 aromatic heterocycles. The molecule has 0 bridgehead atoms. The van der Waals surface area contributed by atoms with Crippen LogP contribution in [0.1, 0.15) is 6.42 Å². The standard InChI is InChI=1S/C7H22N4.2BrH/c1-10(2,8)6-5-7-11(3,4)9;;/h5-9H2,1-4H3;2*1H/q+2;;/p-2. The highest BCUT2D eigenvalue weighted by Crippen LogP contribution is 1.93. The van der Waals surface area contributed by atoms with Gasteiger partial charge in [0.05, 0.1) is 28.2 Å². The molecule has 0 radical (unpaired) electrons. The summed E-state index contributed by atoms with van der Waals surface area (Å²) in [7, 11) is 7.93. The zero-order valence-corrected chi connectivity index (χ0v) is 12.1. The summed E-state index contributed by atoms with van der Waals surface area (Å²) in [4.78, 5) is 0. The number of nitrogens with zero attached hydrogens (tertiary/aromatic N) is 2. The van der Waals surface area contributed by atoms with E-state index < -0.39 is 0 Å². The van der Waals surface area contributed by atoms with Crippen molar-refractivity contribution < 1.29 is 43.1 Å². The molecule has 0 amide bonds. The summed E-state index contributed by atoms with van der Waals surface area (Å²) in [5.41, 5.74) is 0. The van der Waals surface area contributed by atoms with Gasteiger partial charge in [0.15, 0.2) is 0 Å². The molecule has 6 heteroatoms. The first-order chi connectivity index (χ1) is 4.71. The fourth-order valence-corrected chi connectivity index (χ4v) is 0.886. The molecule has 0 saturated heterocycles. The molecule has 13 heavy (non-hydrogen) atoms. The van der Waals surface area contributed by atoms with Crippen molar-refractivity contribution in [1.82, 2.24) is 0 Å². The second kappa shape index (κ2) is 7.14. The number of nitrogens with two attached hydrogens (primary N) is 2. The number of halogens is 2. The average molecular weight is 322 g/mol. The molecule has 4 N–H and O–H groups in total. The maximum atomic E-state index is 5.75. The number of quaternary nitrogens is 2. The molecule has 0 aliphatic rings. The molecule has 0 unspecified atom stereocenters. The van der Waals surface area contributed by atoms with E-state index in [-0.39, 0.29) is 34.0 Å². The van der Waals surface area contributed by atoms with E-state index in [2.05, 4.69) is 0 Å². The first-order valence-electron chi connectivity index (χ1n) is 3.94. The van der Waals surface area contributed by atoms with Crippen LogP contribution in [0, 0.1) is 0 Å². The lowest BCUT2D eigenvalue weighted by molar-refractivity contribution is -0.921. The van der Waals surface area contributed by atoms with Crippen molar-refractivity contribution in [3.8, 4) is 0 Å². The van der Waals surface area contributed by atoms with E-state index in [0.717, 1.165) is 19.5 Å². The van der Waals surface area contributed by atoms with E-state index in [4.69, 9.17) is 11.7 Å². The van der Waals surface area contributed by atoms with Crippen LogP contribution in [-0.4, -0.2) is 50.5 Å². The van der Waals surface area contributed by atoms with E-state index in [1.807, 2.05) is 28.2 Å². The largest absolute Gasteiger partial charge is 1.00 e. The molecule has 84 valence electrons. The molecule has 0 heterocycles. The van der Waals surface area contributed by atoms with Crippen molar-refractivity contribution in [2.24, 2.45) is 11.7 Å². The molecular formula is C7H22Br2N4. The van der Waals surface area contributed by atoms with Gasteiger partial charge in [0.1, 0.15) is 13.1 Å². The minimum absolute atomic E-state index is 0. The van der Waals surface area contributed by atoms with Gasteiger partial charge in [-0.05, 0) is 0 Å². The van der Waals surface area contributed by atoms with Crippen LogP contribution in [0.3, 0.4) is 0 Å². The predicted octanol–water partition coefficient (Wildman–Crippen LogP) is -6.72. The minimum Gasteiger partial charge on any atom is -1.00 e. The molecule has 0 saturated carbocycles. The molecular weight excluding hydrogens is 300 g/mol. The highest BCUT2D eigenvalue weighted by Gasteiger charge is 2.12. The zero-order chi connectivity index (χ0) is 9.12. The Morgan fingerprint density at radius 3 is 1.15 bits per heavy atom. The lowest BCUT2D eigenvalue weighted by Gasteiger charge is -2.26. The Hall–Kier alpha value is 0.800. The quantitative estimate of drug-likeness (QED) is 0.307. The third-order valence-corrected chi connectivity index (χ3v) is 1.47. The van der Waals surface area contributed by atoms with Gasteiger partial charge in [0, 0.05) is 6.42 Å². The Kier molecular flexibility index (Phi) is 10.6. The van der Waals surface area contributed by atoms with Crippen LogP contribution in [0.5, 0.6) is 0 Å². The van der Waals surface area contributed by atoms with Gasteiger partial charge in [-0.25, -0.2) is 0 Å². The molecule has 0 atom stereocenters. The fraction of sp³-hybridized carbons (Fsp3) is 1.00. The molecule has 0 fully saturated rings. The topological polar surface area (TPSA) is 52.0 Å². The number of rotatable bonds is 4. The van der Waals surface area contributed by atoms with E-state index >= 15 is 0 Å². The second-order valence-electron chi connectivity index (χ2n) is 4.36. The van der Waals surface area contributed by atoms with Gasteiger partial charge in [-0.2, -0.15) is 11.7 Å². The van der Waals surface area contributed by atoms with Crippen LogP contribution < -0.4 is 45.6 Å². The first-order valence-corrected chi connectivity index (χ1v) is 3.94. The van der Waals surface area contributed by atoms with Crippen molar-refractivity contribution in [1.29, 1.82) is 0 Å². The number of hydrogen-bond acceptors (Lipinski definition) is 2. The molecule has 0 aromatic carbocycles. The molecule has 0 aromatic rings. The zero-order valence-electron chi connectivity index (χ0n) is 8.93. The summed E-state index contributed by atoms with van der Waals surface area (Å²) < 4.78 is 1.06. The summed E-state index contributed by atoms with van der Waals surface area (Å²) in [5.74, 6) is 11.5. The average Bonchev–Trinajstić information content (AvgIpc) is 1.55. The Labute approximate surface area is 103 Å². The molecule has 4 nitrogen and oxygen atoms in total. The van der Waals surface area contributed by atoms with Gasteiger partial charge >= 0.3 is 0 Å². The lowest BCUT2D eigenvalue weighted by atomic mass is 10.4. The van der Waals surface area contributed by atoms with Gasteiger partial charge in [0.2, 0.25) is 0 Å². The van der Waals surface area contributed by atoms with E-state index in [0.29, 0.717) is 9.18 Å². The maximum absolute atomic E-state index is 5.75. The fourth-order valence-electron chi connectivity index (χ4n) is 0.886. The predicted molar refractivity (Wildman–Crippen MR) is 46.9 cm³/mol. The molecule has 0 spiro atoms. The van der Waals surface area contributed by atoms with E-state index in [1.54, 1.807) is 0 Å². The summed E-state index contributed by atoms with van der Waals surface area (Å²) in [5, 5.41) is 0. The Bertz CT molecular complexity index is 103. The van der Waals surface area contributed by atoms with Gasteiger partial charge < -0.3 is 34.0 Å². The van der Waals surface area contributed by atoms with Crippen molar-refractivity contribution in [2.75, 3.05) is 41.3 Å². The second-order valence-corrected chi connectivity index (χ2v) is 4.36. The molecule has 0 aliphatic heterocycles. The Morgan fingerprint density at radius 1 is 0.769 bits per heavy atom. The summed E-state index contributed by atoms with van der Waals surface area (Å²) in [6, 6.07) is 0. The summed E-state index contributed by atoms with van der Waals surface area (Å²) in [6.45, 7) is 1.94. The van der Waals surface area contributed by atoms with Crippen LogP contribution in [0.25, 0.3) is 0 Å². The Morgan fingerprint density at radius 2 is 1.00 bits per heavy atom. The molecule has 0 aliphatic carbocycles. The van der Waals surface area contributed by atoms with E-state index in [9.17, 15) is 0 Å². The van der Waals surface area contributed by atoms with Gasteiger partial charge in [0.25, 0.3) is 0 Å². The van der Waals surface area contributed by atoms with Crippen LogP contribution in [0.4, 0.5) is 0 Å². The summed E-state index contributed by atoms with van der Waals surface area (Å²) in [6.07, 6.45) is 1.06.